The summed E-state index contributed by atoms with van der Waals surface area (Å²) in [6.45, 7) is 0. The van der Waals surface area contributed by atoms with Gasteiger partial charge < -0.3 is 0 Å². The molecular formula is C16H16S. The van der Waals surface area contributed by atoms with Crippen molar-refractivity contribution < 1.29 is 0 Å². The Labute approximate surface area is 106 Å². The normalized spacial score (nSPS) is 10.6. The fourth-order valence-electron chi connectivity index (χ4n) is 1.75. The fourth-order valence-corrected chi connectivity index (χ4v) is 3.35. The maximum absolute atomic E-state index is 5.65. The van der Waals surface area contributed by atoms with Crippen molar-refractivity contribution in [3.8, 4) is 11.7 Å². The van der Waals surface area contributed by atoms with Crippen LogP contribution in [0, 0.1) is 11.7 Å². The molecule has 0 fully saturated rings. The van der Waals surface area contributed by atoms with Crippen LogP contribution in [-0.4, -0.2) is 0 Å². The van der Waals surface area contributed by atoms with Crippen LogP contribution in [0.1, 0.15) is 11.1 Å². The maximum atomic E-state index is 5.65. The Morgan fingerprint density at radius 1 is 0.765 bits per heavy atom. The molecule has 1 heteroatoms. The van der Waals surface area contributed by atoms with Crippen molar-refractivity contribution in [3.05, 3.63) is 71.8 Å². The third kappa shape index (κ3) is 3.69. The van der Waals surface area contributed by atoms with Gasteiger partial charge in [-0.25, -0.2) is 0 Å². The summed E-state index contributed by atoms with van der Waals surface area (Å²) in [5.74, 6) is 2.03. The van der Waals surface area contributed by atoms with E-state index in [2.05, 4.69) is 53.8 Å². The molecule has 0 N–H and O–H groups in total. The zero-order valence-electron chi connectivity index (χ0n) is 9.71. The number of hydrogen-bond acceptors (Lipinski definition) is 0. The molecule has 0 nitrogen and oxygen atoms in total. The predicted octanol–water partition coefficient (Wildman–Crippen LogP) is 3.98. The smallest absolute Gasteiger partial charge is 0.0104 e. The summed E-state index contributed by atoms with van der Waals surface area (Å²) in [5, 5.41) is 2.96. The molecule has 0 aliphatic carbocycles. The van der Waals surface area contributed by atoms with Crippen LogP contribution in [0.5, 0.6) is 0 Å². The third-order valence-electron chi connectivity index (χ3n) is 2.62. The lowest BCUT2D eigenvalue weighted by atomic mass is 10.2. The highest BCUT2D eigenvalue weighted by molar-refractivity contribution is 8.19. The second-order valence-corrected chi connectivity index (χ2v) is 5.93. The topological polar surface area (TPSA) is 0 Å². The van der Waals surface area contributed by atoms with E-state index in [-0.39, 0.29) is 10.9 Å². The summed E-state index contributed by atoms with van der Waals surface area (Å²) in [6, 6.07) is 21.0. The van der Waals surface area contributed by atoms with Gasteiger partial charge in [0, 0.05) is 11.5 Å². The Kier molecular flexibility index (Phi) is 4.30. The molecule has 0 spiro atoms. The van der Waals surface area contributed by atoms with Gasteiger partial charge in [0.25, 0.3) is 0 Å². The van der Waals surface area contributed by atoms with Gasteiger partial charge in [-0.3, -0.25) is 0 Å². The molecule has 0 atom stereocenters. The Morgan fingerprint density at radius 3 is 1.53 bits per heavy atom. The van der Waals surface area contributed by atoms with E-state index in [1.54, 1.807) is 0 Å². The molecule has 0 bridgehead atoms. The van der Waals surface area contributed by atoms with Crippen LogP contribution in [0.2, 0.25) is 0 Å². The van der Waals surface area contributed by atoms with Crippen molar-refractivity contribution in [1.82, 2.24) is 0 Å². The minimum absolute atomic E-state index is 0.383. The van der Waals surface area contributed by atoms with E-state index in [4.69, 9.17) is 6.42 Å². The van der Waals surface area contributed by atoms with Crippen molar-refractivity contribution in [2.45, 2.75) is 11.5 Å². The van der Waals surface area contributed by atoms with Crippen molar-refractivity contribution in [1.29, 1.82) is 0 Å². The average molecular weight is 240 g/mol. The monoisotopic (exact) mass is 240 g/mol. The summed E-state index contributed by atoms with van der Waals surface area (Å²) >= 11 is 0. The predicted molar refractivity (Wildman–Crippen MR) is 78.1 cm³/mol. The zero-order chi connectivity index (χ0) is 11.9. The second-order valence-electron chi connectivity index (χ2n) is 3.96. The molecule has 0 amide bonds. The van der Waals surface area contributed by atoms with E-state index in [1.807, 2.05) is 12.1 Å². The lowest BCUT2D eigenvalue weighted by molar-refractivity contribution is 1.35. The molecule has 0 heterocycles. The first kappa shape index (κ1) is 11.8. The van der Waals surface area contributed by atoms with Gasteiger partial charge in [0.2, 0.25) is 0 Å². The zero-order valence-corrected chi connectivity index (χ0v) is 10.6. The molecule has 2 aromatic carbocycles. The summed E-state index contributed by atoms with van der Waals surface area (Å²) in [7, 11) is -0.383. The molecule has 0 saturated heterocycles. The average Bonchev–Trinajstić information content (AvgIpc) is 2.40. The molecular weight excluding hydrogens is 224 g/mol. The van der Waals surface area contributed by atoms with Crippen LogP contribution < -0.4 is 0 Å². The van der Waals surface area contributed by atoms with Gasteiger partial charge in [0.15, 0.2) is 0 Å². The van der Waals surface area contributed by atoms with E-state index in [0.29, 0.717) is 0 Å². The molecule has 0 radical (unpaired) electrons. The van der Waals surface area contributed by atoms with E-state index in [1.165, 1.54) is 11.1 Å². The van der Waals surface area contributed by atoms with Crippen LogP contribution in [0.25, 0.3) is 0 Å². The lowest BCUT2D eigenvalue weighted by Gasteiger charge is -2.15. The Balaban J connectivity index is 2.01. The second kappa shape index (κ2) is 6.18. The van der Waals surface area contributed by atoms with Gasteiger partial charge >= 0.3 is 0 Å². The van der Waals surface area contributed by atoms with E-state index in [9.17, 15) is 0 Å². The van der Waals surface area contributed by atoms with Crippen LogP contribution in [0.3, 0.4) is 0 Å². The Morgan fingerprint density at radius 2 is 1.18 bits per heavy atom. The van der Waals surface area contributed by atoms with Gasteiger partial charge in [-0.2, -0.15) is 10.9 Å². The maximum Gasteiger partial charge on any atom is 0.0104 e. The quantitative estimate of drug-likeness (QED) is 0.606. The summed E-state index contributed by atoms with van der Waals surface area (Å²) in [5.41, 5.74) is 2.68. The largest absolute Gasteiger partial charge is 0.181 e. The van der Waals surface area contributed by atoms with Crippen molar-refractivity contribution in [2.75, 3.05) is 0 Å². The minimum Gasteiger partial charge on any atom is -0.181 e. The molecule has 0 aliphatic heterocycles. The van der Waals surface area contributed by atoms with Gasteiger partial charge in [0.1, 0.15) is 0 Å². The van der Waals surface area contributed by atoms with E-state index in [0.717, 1.165) is 11.5 Å². The van der Waals surface area contributed by atoms with Crippen molar-refractivity contribution >= 4 is 10.9 Å². The number of terminal acetylenes is 1. The third-order valence-corrected chi connectivity index (χ3v) is 4.47. The first-order valence-corrected chi connectivity index (χ1v) is 7.39. The summed E-state index contributed by atoms with van der Waals surface area (Å²) < 4.78 is 0. The molecule has 2 rings (SSSR count). The van der Waals surface area contributed by atoms with Crippen LogP contribution in [-0.2, 0) is 11.5 Å². The van der Waals surface area contributed by atoms with E-state index >= 15 is 0 Å². The first-order chi connectivity index (χ1) is 8.38. The van der Waals surface area contributed by atoms with Crippen LogP contribution in [0.4, 0.5) is 0 Å². The molecule has 2 aromatic rings. The number of thiol groups is 1. The fraction of sp³-hybridized carbons (Fsp3) is 0.125. The number of rotatable bonds is 4. The lowest BCUT2D eigenvalue weighted by Crippen LogP contribution is -1.90. The Bertz CT molecular complexity index is 440. The van der Waals surface area contributed by atoms with Crippen LogP contribution >= 0.6 is 10.9 Å². The van der Waals surface area contributed by atoms with Crippen LogP contribution in [0.15, 0.2) is 60.7 Å². The van der Waals surface area contributed by atoms with Gasteiger partial charge in [-0.05, 0) is 11.1 Å². The highest BCUT2D eigenvalue weighted by Gasteiger charge is 2.03. The summed E-state index contributed by atoms with van der Waals surface area (Å²) in [4.78, 5) is 0. The molecule has 0 unspecified atom stereocenters. The summed E-state index contributed by atoms with van der Waals surface area (Å²) in [6.07, 6.45) is 5.65. The molecule has 86 valence electrons. The highest BCUT2D eigenvalue weighted by atomic mass is 32.2. The Hall–Kier alpha value is -1.65. The molecule has 0 saturated carbocycles. The van der Waals surface area contributed by atoms with Gasteiger partial charge in [0.05, 0.1) is 0 Å². The SMILES string of the molecule is C#C[SH](Cc1ccccc1)Cc1ccccc1. The standard InChI is InChI=1S/C16H16S/c1-2-17(13-15-9-5-3-6-10-15)14-16-11-7-4-8-12-16/h1,3-12,17H,13-14H2. The highest BCUT2D eigenvalue weighted by Crippen LogP contribution is 2.32. The minimum atomic E-state index is -0.383. The molecule has 0 aromatic heterocycles. The van der Waals surface area contributed by atoms with Gasteiger partial charge in [-0.1, -0.05) is 65.9 Å². The van der Waals surface area contributed by atoms with E-state index < -0.39 is 0 Å². The number of hydrogen-bond donors (Lipinski definition) is 1. The first-order valence-electron chi connectivity index (χ1n) is 5.67. The van der Waals surface area contributed by atoms with Crippen molar-refractivity contribution in [3.63, 3.8) is 0 Å². The molecule has 0 aliphatic rings. The molecule has 17 heavy (non-hydrogen) atoms. The van der Waals surface area contributed by atoms with Gasteiger partial charge in [-0.15, -0.1) is 6.42 Å². The van der Waals surface area contributed by atoms with Crippen molar-refractivity contribution in [2.24, 2.45) is 0 Å². The number of benzene rings is 2.